The van der Waals surface area contributed by atoms with Crippen LogP contribution >= 0.6 is 0 Å². The number of piperazine rings is 1. The monoisotopic (exact) mass is 333 g/mol. The first-order valence-electron chi connectivity index (χ1n) is 7.86. The van der Waals surface area contributed by atoms with E-state index >= 15 is 0 Å². The zero-order valence-electron chi connectivity index (χ0n) is 14.2. The fourth-order valence-corrected chi connectivity index (χ4v) is 2.90. The van der Waals surface area contributed by atoms with Gasteiger partial charge in [0, 0.05) is 32.6 Å². The van der Waals surface area contributed by atoms with Gasteiger partial charge in [-0.3, -0.25) is 14.4 Å². The summed E-state index contributed by atoms with van der Waals surface area (Å²) < 4.78 is 5.27. The van der Waals surface area contributed by atoms with E-state index in [9.17, 15) is 14.4 Å². The number of para-hydroxylation sites is 1. The lowest BCUT2D eigenvalue weighted by molar-refractivity contribution is -0.146. The largest absolute Gasteiger partial charge is 0.496 e. The fraction of sp³-hybridized carbons (Fsp3) is 0.471. The van der Waals surface area contributed by atoms with E-state index in [1.807, 2.05) is 24.3 Å². The maximum absolute atomic E-state index is 12.6. The average Bonchev–Trinajstić information content (AvgIpc) is 2.60. The molecule has 24 heavy (non-hydrogen) atoms. The Morgan fingerprint density at radius 2 is 1.96 bits per heavy atom. The van der Waals surface area contributed by atoms with Crippen molar-refractivity contribution in [1.29, 1.82) is 0 Å². The topological polar surface area (TPSA) is 79.0 Å². The van der Waals surface area contributed by atoms with Gasteiger partial charge in [0.25, 0.3) is 0 Å². The molecule has 0 aromatic heterocycles. The Hall–Kier alpha value is -2.57. The van der Waals surface area contributed by atoms with Gasteiger partial charge in [0.05, 0.1) is 20.1 Å². The summed E-state index contributed by atoms with van der Waals surface area (Å²) in [6.07, 6.45) is 0.199. The number of rotatable bonds is 4. The van der Waals surface area contributed by atoms with Gasteiger partial charge in [0.2, 0.25) is 17.7 Å². The second kappa shape index (κ2) is 7.81. The van der Waals surface area contributed by atoms with Crippen LogP contribution in [0, 0.1) is 0 Å². The number of carbonyl (C=O) groups is 3. The molecule has 0 saturated carbocycles. The third kappa shape index (κ3) is 3.84. The van der Waals surface area contributed by atoms with Gasteiger partial charge in [-0.15, -0.1) is 0 Å². The number of hydrogen-bond donors (Lipinski definition) is 1. The lowest BCUT2D eigenvalue weighted by Crippen LogP contribution is -2.61. The lowest BCUT2D eigenvalue weighted by Gasteiger charge is -2.40. The van der Waals surface area contributed by atoms with Crippen LogP contribution in [0.15, 0.2) is 24.3 Å². The predicted octanol–water partition coefficient (Wildman–Crippen LogP) is 0.0430. The van der Waals surface area contributed by atoms with Crippen LogP contribution < -0.4 is 10.1 Å². The standard InChI is InChI=1S/C17H23N3O4/c1-12(21)20-9-8-19(11-14(20)17(23)18-2)16(22)10-13-6-4-5-7-15(13)24-3/h4-7,14H,8-11H2,1-3H3,(H,18,23). The van der Waals surface area contributed by atoms with Gasteiger partial charge < -0.3 is 19.9 Å². The molecule has 0 bridgehead atoms. The van der Waals surface area contributed by atoms with Crippen LogP contribution in [-0.4, -0.2) is 67.4 Å². The van der Waals surface area contributed by atoms with Gasteiger partial charge in [-0.1, -0.05) is 18.2 Å². The number of hydrogen-bond acceptors (Lipinski definition) is 4. The molecule has 1 aromatic rings. The van der Waals surface area contributed by atoms with Gasteiger partial charge in [0.1, 0.15) is 11.8 Å². The molecule has 0 spiro atoms. The van der Waals surface area contributed by atoms with Crippen LogP contribution in [0.5, 0.6) is 5.75 Å². The molecule has 7 heteroatoms. The molecule has 1 saturated heterocycles. The molecule has 2 rings (SSSR count). The van der Waals surface area contributed by atoms with Crippen LogP contribution in [0.3, 0.4) is 0 Å². The van der Waals surface area contributed by atoms with Crippen molar-refractivity contribution in [3.8, 4) is 5.75 Å². The van der Waals surface area contributed by atoms with Crippen molar-refractivity contribution in [3.05, 3.63) is 29.8 Å². The molecule has 3 amide bonds. The van der Waals surface area contributed by atoms with Gasteiger partial charge >= 0.3 is 0 Å². The molecule has 7 nitrogen and oxygen atoms in total. The highest BCUT2D eigenvalue weighted by atomic mass is 16.5. The molecular formula is C17H23N3O4. The number of amides is 3. The average molecular weight is 333 g/mol. The Morgan fingerprint density at radius 3 is 2.58 bits per heavy atom. The first-order chi connectivity index (χ1) is 11.5. The van der Waals surface area contributed by atoms with E-state index in [1.54, 1.807) is 12.0 Å². The number of nitrogens with one attached hydrogen (secondary N) is 1. The van der Waals surface area contributed by atoms with E-state index in [2.05, 4.69) is 5.32 Å². The Labute approximate surface area is 141 Å². The number of benzene rings is 1. The van der Waals surface area contributed by atoms with Crippen LogP contribution in [-0.2, 0) is 20.8 Å². The summed E-state index contributed by atoms with van der Waals surface area (Å²) >= 11 is 0. The summed E-state index contributed by atoms with van der Waals surface area (Å²) in [7, 11) is 3.09. The minimum atomic E-state index is -0.650. The van der Waals surface area contributed by atoms with E-state index < -0.39 is 6.04 Å². The van der Waals surface area contributed by atoms with Gasteiger partial charge in [-0.25, -0.2) is 0 Å². The quantitative estimate of drug-likeness (QED) is 0.844. The minimum absolute atomic E-state index is 0.0865. The van der Waals surface area contributed by atoms with Crippen molar-refractivity contribution in [2.24, 2.45) is 0 Å². The second-order valence-corrected chi connectivity index (χ2v) is 5.67. The first-order valence-corrected chi connectivity index (χ1v) is 7.86. The highest BCUT2D eigenvalue weighted by molar-refractivity contribution is 5.88. The van der Waals surface area contributed by atoms with Crippen LogP contribution in [0.1, 0.15) is 12.5 Å². The summed E-state index contributed by atoms with van der Waals surface area (Å²) in [5.41, 5.74) is 0.801. The van der Waals surface area contributed by atoms with E-state index in [1.165, 1.54) is 18.9 Å². The van der Waals surface area contributed by atoms with Crippen molar-refractivity contribution < 1.29 is 19.1 Å². The maximum atomic E-state index is 12.6. The van der Waals surface area contributed by atoms with Crippen LogP contribution in [0.4, 0.5) is 0 Å². The number of likely N-dealkylation sites (N-methyl/N-ethyl adjacent to an activating group) is 1. The van der Waals surface area contributed by atoms with Gasteiger partial charge in [0.15, 0.2) is 0 Å². The van der Waals surface area contributed by atoms with E-state index in [4.69, 9.17) is 4.74 Å². The molecule has 130 valence electrons. The molecule has 1 aromatic carbocycles. The van der Waals surface area contributed by atoms with Crippen molar-refractivity contribution in [2.45, 2.75) is 19.4 Å². The molecule has 0 radical (unpaired) electrons. The molecule has 1 aliphatic heterocycles. The van der Waals surface area contributed by atoms with Crippen molar-refractivity contribution in [2.75, 3.05) is 33.8 Å². The number of carbonyl (C=O) groups excluding carboxylic acids is 3. The maximum Gasteiger partial charge on any atom is 0.244 e. The summed E-state index contributed by atoms with van der Waals surface area (Å²) in [6, 6.07) is 6.71. The molecule has 1 heterocycles. The Bertz CT molecular complexity index is 632. The van der Waals surface area contributed by atoms with Crippen molar-refractivity contribution in [3.63, 3.8) is 0 Å². The minimum Gasteiger partial charge on any atom is -0.496 e. The highest BCUT2D eigenvalue weighted by Gasteiger charge is 2.35. The number of ether oxygens (including phenoxy) is 1. The number of nitrogens with zero attached hydrogens (tertiary/aromatic N) is 2. The smallest absolute Gasteiger partial charge is 0.244 e. The van der Waals surface area contributed by atoms with Crippen molar-refractivity contribution in [1.82, 2.24) is 15.1 Å². The normalized spacial score (nSPS) is 17.4. The van der Waals surface area contributed by atoms with E-state index in [0.29, 0.717) is 18.8 Å². The third-order valence-corrected chi connectivity index (χ3v) is 4.22. The zero-order valence-corrected chi connectivity index (χ0v) is 14.2. The first kappa shape index (κ1) is 17.8. The zero-order chi connectivity index (χ0) is 17.7. The second-order valence-electron chi connectivity index (χ2n) is 5.67. The summed E-state index contributed by atoms with van der Waals surface area (Å²) in [4.78, 5) is 39.5. The summed E-state index contributed by atoms with van der Waals surface area (Å²) in [5.74, 6) is 0.146. The van der Waals surface area contributed by atoms with Gasteiger partial charge in [-0.05, 0) is 6.07 Å². The number of methoxy groups -OCH3 is 1. The SMILES string of the molecule is CNC(=O)C1CN(C(=O)Cc2ccccc2OC)CCN1C(C)=O. The molecule has 0 aliphatic carbocycles. The molecule has 1 unspecified atom stereocenters. The Morgan fingerprint density at radius 1 is 1.25 bits per heavy atom. The fourth-order valence-electron chi connectivity index (χ4n) is 2.90. The Kier molecular flexibility index (Phi) is 5.78. The van der Waals surface area contributed by atoms with Crippen molar-refractivity contribution >= 4 is 17.7 Å². The van der Waals surface area contributed by atoms with Crippen LogP contribution in [0.2, 0.25) is 0 Å². The predicted molar refractivity (Wildman–Crippen MR) is 88.5 cm³/mol. The van der Waals surface area contributed by atoms with E-state index in [-0.39, 0.29) is 30.7 Å². The molecular weight excluding hydrogens is 310 g/mol. The van der Waals surface area contributed by atoms with E-state index in [0.717, 1.165) is 5.56 Å². The Balaban J connectivity index is 2.10. The third-order valence-electron chi connectivity index (χ3n) is 4.22. The summed E-state index contributed by atoms with van der Waals surface area (Å²) in [6.45, 7) is 2.40. The summed E-state index contributed by atoms with van der Waals surface area (Å²) in [5, 5.41) is 2.56. The lowest BCUT2D eigenvalue weighted by atomic mass is 10.1. The highest BCUT2D eigenvalue weighted by Crippen LogP contribution is 2.19. The van der Waals surface area contributed by atoms with Gasteiger partial charge in [-0.2, -0.15) is 0 Å². The molecule has 1 fully saturated rings. The molecule has 1 aliphatic rings. The van der Waals surface area contributed by atoms with Crippen LogP contribution in [0.25, 0.3) is 0 Å². The molecule has 1 N–H and O–H groups in total. The molecule has 1 atom stereocenters.